The van der Waals surface area contributed by atoms with Crippen LogP contribution in [0.3, 0.4) is 0 Å². The van der Waals surface area contributed by atoms with Crippen molar-refractivity contribution in [2.45, 2.75) is 19.9 Å². The number of hydrogen-bond acceptors (Lipinski definition) is 5. The summed E-state index contributed by atoms with van der Waals surface area (Å²) in [5.74, 6) is -0.100. The van der Waals surface area contributed by atoms with Crippen LogP contribution in [0.2, 0.25) is 5.02 Å². The number of anilines is 2. The number of aryl methyl sites for hydroxylation is 1. The molecule has 0 aliphatic heterocycles. The van der Waals surface area contributed by atoms with E-state index in [-0.39, 0.29) is 17.3 Å². The van der Waals surface area contributed by atoms with E-state index >= 15 is 0 Å². The van der Waals surface area contributed by atoms with Crippen LogP contribution in [0.5, 0.6) is 5.75 Å². The lowest BCUT2D eigenvalue weighted by Crippen LogP contribution is -2.32. The van der Waals surface area contributed by atoms with Gasteiger partial charge in [0, 0.05) is 16.8 Å². The Balaban J connectivity index is 2.10. The van der Waals surface area contributed by atoms with Gasteiger partial charge in [0.05, 0.1) is 23.8 Å². The summed E-state index contributed by atoms with van der Waals surface area (Å²) < 4.78 is 5.11. The molecule has 2 aromatic carbocycles. The quantitative estimate of drug-likeness (QED) is 0.597. The molecule has 0 aliphatic carbocycles. The maximum atomic E-state index is 12.4. The molecular formula is C17H18ClN3O4. The fourth-order valence-electron chi connectivity index (χ4n) is 2.14. The molecule has 0 fully saturated rings. The zero-order chi connectivity index (χ0) is 18.6. The van der Waals surface area contributed by atoms with E-state index < -0.39 is 11.0 Å². The van der Waals surface area contributed by atoms with Crippen molar-refractivity contribution in [2.24, 2.45) is 0 Å². The molecule has 8 heteroatoms. The first-order chi connectivity index (χ1) is 11.8. The van der Waals surface area contributed by atoms with Gasteiger partial charge >= 0.3 is 0 Å². The molecule has 7 nitrogen and oxygen atoms in total. The maximum absolute atomic E-state index is 12.4. The summed E-state index contributed by atoms with van der Waals surface area (Å²) in [6, 6.07) is 8.87. The van der Waals surface area contributed by atoms with Crippen molar-refractivity contribution in [3.8, 4) is 5.75 Å². The summed E-state index contributed by atoms with van der Waals surface area (Å²) in [7, 11) is 1.38. The van der Waals surface area contributed by atoms with E-state index in [4.69, 9.17) is 16.3 Å². The van der Waals surface area contributed by atoms with Gasteiger partial charge < -0.3 is 15.4 Å². The Labute approximate surface area is 150 Å². The van der Waals surface area contributed by atoms with E-state index in [1.807, 2.05) is 19.1 Å². The molecule has 2 aromatic rings. The number of amides is 1. The molecule has 0 aromatic heterocycles. The van der Waals surface area contributed by atoms with Crippen molar-refractivity contribution < 1.29 is 14.5 Å². The molecule has 25 heavy (non-hydrogen) atoms. The van der Waals surface area contributed by atoms with Crippen LogP contribution in [0.15, 0.2) is 36.4 Å². The van der Waals surface area contributed by atoms with E-state index in [2.05, 4.69) is 10.6 Å². The van der Waals surface area contributed by atoms with E-state index in [0.29, 0.717) is 16.4 Å². The standard InChI is InChI=1S/C17H18ClN3O4/c1-10-4-5-12(8-14(10)18)19-11(2)17(22)20-15-7-6-13(21(23)24)9-16(15)25-3/h4-9,11,19H,1-3H3,(H,20,22)/t11-/m1/s1. The maximum Gasteiger partial charge on any atom is 0.273 e. The van der Waals surface area contributed by atoms with Crippen LogP contribution in [0, 0.1) is 17.0 Å². The van der Waals surface area contributed by atoms with Crippen LogP contribution in [-0.2, 0) is 4.79 Å². The monoisotopic (exact) mass is 363 g/mol. The molecular weight excluding hydrogens is 346 g/mol. The fourth-order valence-corrected chi connectivity index (χ4v) is 2.32. The summed E-state index contributed by atoms with van der Waals surface area (Å²) in [6.07, 6.45) is 0. The number of methoxy groups -OCH3 is 1. The number of carbonyl (C=O) groups is 1. The molecule has 0 spiro atoms. The molecule has 0 saturated heterocycles. The SMILES string of the molecule is COc1cc([N+](=O)[O-])ccc1NC(=O)[C@@H](C)Nc1ccc(C)c(Cl)c1. The first-order valence-corrected chi connectivity index (χ1v) is 7.85. The Morgan fingerprint density at radius 1 is 1.28 bits per heavy atom. The molecule has 0 saturated carbocycles. The molecule has 2 N–H and O–H groups in total. The average molecular weight is 364 g/mol. The van der Waals surface area contributed by atoms with Crippen molar-refractivity contribution in [1.29, 1.82) is 0 Å². The second-order valence-electron chi connectivity index (χ2n) is 5.46. The van der Waals surface area contributed by atoms with Crippen LogP contribution in [0.25, 0.3) is 0 Å². The number of carbonyl (C=O) groups excluding carboxylic acids is 1. The average Bonchev–Trinajstić information content (AvgIpc) is 2.58. The molecule has 0 bridgehead atoms. The van der Waals surface area contributed by atoms with Crippen molar-refractivity contribution in [2.75, 3.05) is 17.7 Å². The van der Waals surface area contributed by atoms with Gasteiger partial charge in [-0.1, -0.05) is 17.7 Å². The Morgan fingerprint density at radius 2 is 2.00 bits per heavy atom. The summed E-state index contributed by atoms with van der Waals surface area (Å²) in [5.41, 5.74) is 1.90. The smallest absolute Gasteiger partial charge is 0.273 e. The van der Waals surface area contributed by atoms with Crippen molar-refractivity contribution in [1.82, 2.24) is 0 Å². The highest BCUT2D eigenvalue weighted by atomic mass is 35.5. The molecule has 0 heterocycles. The largest absolute Gasteiger partial charge is 0.494 e. The zero-order valence-electron chi connectivity index (χ0n) is 14.0. The van der Waals surface area contributed by atoms with Gasteiger partial charge in [0.1, 0.15) is 11.8 Å². The molecule has 0 unspecified atom stereocenters. The Bertz CT molecular complexity index is 810. The van der Waals surface area contributed by atoms with E-state index in [0.717, 1.165) is 5.56 Å². The highest BCUT2D eigenvalue weighted by Crippen LogP contribution is 2.29. The van der Waals surface area contributed by atoms with E-state index in [9.17, 15) is 14.9 Å². The van der Waals surface area contributed by atoms with Gasteiger partial charge in [-0.25, -0.2) is 0 Å². The van der Waals surface area contributed by atoms with Crippen molar-refractivity contribution in [3.63, 3.8) is 0 Å². The fraction of sp³-hybridized carbons (Fsp3) is 0.235. The number of nitrogens with zero attached hydrogens (tertiary/aromatic N) is 1. The first-order valence-electron chi connectivity index (χ1n) is 7.48. The summed E-state index contributed by atoms with van der Waals surface area (Å²) in [5, 5.41) is 17.2. The highest BCUT2D eigenvalue weighted by molar-refractivity contribution is 6.31. The Morgan fingerprint density at radius 3 is 2.60 bits per heavy atom. The predicted molar refractivity (Wildman–Crippen MR) is 97.6 cm³/mol. The first kappa shape index (κ1) is 18.5. The molecule has 2 rings (SSSR count). The molecule has 1 amide bonds. The van der Waals surface area contributed by atoms with Gasteiger partial charge in [-0.15, -0.1) is 0 Å². The number of nitro groups is 1. The molecule has 1 atom stereocenters. The number of non-ortho nitro benzene ring substituents is 1. The number of benzene rings is 2. The second kappa shape index (κ2) is 7.85. The number of hydrogen-bond donors (Lipinski definition) is 2. The number of nitrogens with one attached hydrogen (secondary N) is 2. The van der Waals surface area contributed by atoms with Crippen molar-refractivity contribution in [3.05, 3.63) is 57.1 Å². The van der Waals surface area contributed by atoms with Crippen LogP contribution < -0.4 is 15.4 Å². The third-order valence-corrected chi connectivity index (χ3v) is 4.01. The third kappa shape index (κ3) is 4.60. The number of ether oxygens (including phenoxy) is 1. The van der Waals surface area contributed by atoms with Gasteiger partial charge in [-0.2, -0.15) is 0 Å². The van der Waals surface area contributed by atoms with Crippen LogP contribution in [0.4, 0.5) is 17.1 Å². The van der Waals surface area contributed by atoms with E-state index in [1.165, 1.54) is 25.3 Å². The molecule has 0 aliphatic rings. The second-order valence-corrected chi connectivity index (χ2v) is 5.87. The van der Waals surface area contributed by atoms with Gasteiger partial charge in [0.15, 0.2) is 0 Å². The normalized spacial score (nSPS) is 11.5. The van der Waals surface area contributed by atoms with Crippen molar-refractivity contribution >= 4 is 34.6 Å². The minimum atomic E-state index is -0.557. The van der Waals surface area contributed by atoms with Crippen LogP contribution in [0.1, 0.15) is 12.5 Å². The highest BCUT2D eigenvalue weighted by Gasteiger charge is 2.17. The lowest BCUT2D eigenvalue weighted by Gasteiger charge is -2.17. The number of nitro benzene ring substituents is 1. The summed E-state index contributed by atoms with van der Waals surface area (Å²) in [6.45, 7) is 3.59. The zero-order valence-corrected chi connectivity index (χ0v) is 14.8. The predicted octanol–water partition coefficient (Wildman–Crippen LogP) is 4.00. The number of rotatable bonds is 6. The summed E-state index contributed by atoms with van der Waals surface area (Å²) >= 11 is 6.07. The van der Waals surface area contributed by atoms with Gasteiger partial charge in [-0.05, 0) is 37.6 Å². The minimum Gasteiger partial charge on any atom is -0.494 e. The minimum absolute atomic E-state index is 0.115. The van der Waals surface area contributed by atoms with E-state index in [1.54, 1.807) is 13.0 Å². The Hall–Kier alpha value is -2.80. The number of halogens is 1. The van der Waals surface area contributed by atoms with Crippen LogP contribution in [-0.4, -0.2) is 24.0 Å². The lowest BCUT2D eigenvalue weighted by atomic mass is 10.2. The van der Waals surface area contributed by atoms with Gasteiger partial charge in [-0.3, -0.25) is 14.9 Å². The van der Waals surface area contributed by atoms with Gasteiger partial charge in [0.2, 0.25) is 5.91 Å². The lowest BCUT2D eigenvalue weighted by molar-refractivity contribution is -0.384. The molecule has 132 valence electrons. The topological polar surface area (TPSA) is 93.5 Å². The summed E-state index contributed by atoms with van der Waals surface area (Å²) in [4.78, 5) is 22.6. The third-order valence-electron chi connectivity index (χ3n) is 3.60. The van der Waals surface area contributed by atoms with Gasteiger partial charge in [0.25, 0.3) is 5.69 Å². The molecule has 0 radical (unpaired) electrons. The van der Waals surface area contributed by atoms with Crippen LogP contribution >= 0.6 is 11.6 Å². The Kier molecular flexibility index (Phi) is 5.82.